The number of hydrogen-bond acceptors (Lipinski definition) is 2. The largest absolute Gasteiger partial charge is 0.364 e. The molecule has 1 aliphatic heterocycles. The van der Waals surface area contributed by atoms with Crippen LogP contribution in [0.1, 0.15) is 40.0 Å². The van der Waals surface area contributed by atoms with Crippen LogP contribution in [0, 0.1) is 16.7 Å². The van der Waals surface area contributed by atoms with E-state index in [1.54, 1.807) is 0 Å². The Morgan fingerprint density at radius 3 is 2.64 bits per heavy atom. The Bertz CT molecular complexity index is 615. The van der Waals surface area contributed by atoms with Crippen molar-refractivity contribution in [3.8, 4) is 0 Å². The smallest absolute Gasteiger partial charge is 0.259 e. The molecule has 3 fully saturated rings. The van der Waals surface area contributed by atoms with E-state index in [4.69, 9.17) is 4.74 Å². The van der Waals surface area contributed by atoms with Gasteiger partial charge in [0.05, 0.1) is 6.61 Å². The van der Waals surface area contributed by atoms with Crippen LogP contribution >= 0.6 is 0 Å². The zero-order valence-corrected chi connectivity index (χ0v) is 13.8. The van der Waals surface area contributed by atoms with Gasteiger partial charge in [0.25, 0.3) is 5.91 Å². The van der Waals surface area contributed by atoms with E-state index in [1.165, 1.54) is 6.42 Å². The van der Waals surface area contributed by atoms with Crippen molar-refractivity contribution in [1.82, 2.24) is 0 Å². The Morgan fingerprint density at radius 2 is 2.05 bits per heavy atom. The van der Waals surface area contributed by atoms with Crippen molar-refractivity contribution in [3.63, 3.8) is 0 Å². The van der Waals surface area contributed by atoms with Crippen LogP contribution in [0.25, 0.3) is 0 Å². The van der Waals surface area contributed by atoms with Gasteiger partial charge in [-0.25, -0.2) is 0 Å². The topological polar surface area (TPSA) is 29.5 Å². The van der Waals surface area contributed by atoms with Gasteiger partial charge in [0.15, 0.2) is 5.60 Å². The van der Waals surface area contributed by atoms with Crippen molar-refractivity contribution in [2.24, 2.45) is 16.7 Å². The van der Waals surface area contributed by atoms with Crippen molar-refractivity contribution in [3.05, 3.63) is 30.3 Å². The number of carbonyl (C=O) groups excluding carboxylic acids is 1. The molecule has 3 heteroatoms. The summed E-state index contributed by atoms with van der Waals surface area (Å²) < 4.78 is 6.25. The molecule has 4 atom stereocenters. The first-order chi connectivity index (χ1) is 10.5. The molecule has 3 aliphatic rings. The van der Waals surface area contributed by atoms with Crippen LogP contribution in [0.5, 0.6) is 0 Å². The van der Waals surface area contributed by atoms with Gasteiger partial charge >= 0.3 is 0 Å². The fourth-order valence-corrected chi connectivity index (χ4v) is 5.50. The van der Waals surface area contributed by atoms with Crippen LogP contribution in [-0.4, -0.2) is 24.7 Å². The Kier molecular flexibility index (Phi) is 2.82. The second kappa shape index (κ2) is 4.35. The van der Waals surface area contributed by atoms with Gasteiger partial charge in [-0.2, -0.15) is 0 Å². The van der Waals surface area contributed by atoms with Crippen LogP contribution in [0.15, 0.2) is 30.3 Å². The zero-order valence-electron chi connectivity index (χ0n) is 13.8. The fraction of sp³-hybridized carbons (Fsp3) is 0.632. The Hall–Kier alpha value is -1.35. The number of para-hydroxylation sites is 1. The van der Waals surface area contributed by atoms with Gasteiger partial charge in [0, 0.05) is 23.1 Å². The highest BCUT2D eigenvalue weighted by Crippen LogP contribution is 2.75. The third-order valence-corrected chi connectivity index (χ3v) is 7.17. The minimum absolute atomic E-state index is 0.00997. The molecule has 0 N–H and O–H groups in total. The summed E-state index contributed by atoms with van der Waals surface area (Å²) >= 11 is 0. The lowest BCUT2D eigenvalue weighted by atomic mass is 9.65. The van der Waals surface area contributed by atoms with Gasteiger partial charge in [-0.15, -0.1) is 0 Å². The van der Waals surface area contributed by atoms with E-state index >= 15 is 0 Å². The van der Waals surface area contributed by atoms with E-state index in [-0.39, 0.29) is 16.7 Å². The molecule has 0 aromatic heterocycles. The monoisotopic (exact) mass is 299 g/mol. The summed E-state index contributed by atoms with van der Waals surface area (Å²) in [5.74, 6) is 0.819. The lowest BCUT2D eigenvalue weighted by Gasteiger charge is -2.42. The third kappa shape index (κ3) is 1.39. The fourth-order valence-electron chi connectivity index (χ4n) is 5.50. The van der Waals surface area contributed by atoms with Crippen LogP contribution < -0.4 is 4.90 Å². The first-order valence-corrected chi connectivity index (χ1v) is 8.49. The quantitative estimate of drug-likeness (QED) is 0.853. The first kappa shape index (κ1) is 14.3. The minimum atomic E-state index is -0.601. The SMILES string of the molecule is CCN(C(=O)C12CC3CCC1(C)C3(C)CO2)c1ccccc1. The number of benzene rings is 1. The molecule has 22 heavy (non-hydrogen) atoms. The van der Waals surface area contributed by atoms with Crippen molar-refractivity contribution >= 4 is 11.6 Å². The minimum Gasteiger partial charge on any atom is -0.364 e. The Morgan fingerprint density at radius 1 is 1.32 bits per heavy atom. The number of nitrogens with zero attached hydrogens (tertiary/aromatic N) is 1. The number of likely N-dealkylation sites (N-methyl/N-ethyl adjacent to an activating group) is 1. The highest BCUT2D eigenvalue weighted by Gasteiger charge is 2.78. The van der Waals surface area contributed by atoms with E-state index in [1.807, 2.05) is 42.2 Å². The zero-order chi connectivity index (χ0) is 15.6. The molecule has 1 aromatic rings. The molecule has 4 bridgehead atoms. The lowest BCUT2D eigenvalue weighted by Crippen LogP contribution is -2.56. The summed E-state index contributed by atoms with van der Waals surface area (Å²) in [7, 11) is 0. The second-order valence-corrected chi connectivity index (χ2v) is 7.69. The second-order valence-electron chi connectivity index (χ2n) is 7.69. The Labute approximate surface area is 132 Å². The molecular formula is C19H25NO2. The number of carbonyl (C=O) groups is 1. The van der Waals surface area contributed by atoms with Gasteiger partial charge in [-0.05, 0) is 44.2 Å². The van der Waals surface area contributed by atoms with E-state index in [0.29, 0.717) is 12.5 Å². The van der Waals surface area contributed by atoms with Gasteiger partial charge < -0.3 is 9.64 Å². The van der Waals surface area contributed by atoms with Gasteiger partial charge in [-0.3, -0.25) is 4.79 Å². The first-order valence-electron chi connectivity index (χ1n) is 8.49. The summed E-state index contributed by atoms with van der Waals surface area (Å²) in [6.45, 7) is 8.11. The maximum absolute atomic E-state index is 13.5. The molecule has 4 unspecified atom stereocenters. The molecule has 1 saturated heterocycles. The highest BCUT2D eigenvalue weighted by atomic mass is 16.5. The van der Waals surface area contributed by atoms with Crippen LogP contribution in [0.3, 0.4) is 0 Å². The maximum atomic E-state index is 13.5. The average Bonchev–Trinajstić information content (AvgIpc) is 3.00. The van der Waals surface area contributed by atoms with E-state index in [9.17, 15) is 4.79 Å². The normalized spacial score (nSPS) is 41.9. The molecule has 4 rings (SSSR count). The van der Waals surface area contributed by atoms with E-state index in [2.05, 4.69) is 13.8 Å². The van der Waals surface area contributed by atoms with Crippen molar-refractivity contribution in [2.45, 2.75) is 45.6 Å². The summed E-state index contributed by atoms with van der Waals surface area (Å²) in [4.78, 5) is 15.4. The summed E-state index contributed by atoms with van der Waals surface area (Å²) in [6, 6.07) is 10.0. The summed E-state index contributed by atoms with van der Waals surface area (Å²) in [6.07, 6.45) is 3.28. The Balaban J connectivity index is 1.74. The highest BCUT2D eigenvalue weighted by molar-refractivity contribution is 6.01. The maximum Gasteiger partial charge on any atom is 0.259 e. The van der Waals surface area contributed by atoms with Crippen molar-refractivity contribution in [1.29, 1.82) is 0 Å². The summed E-state index contributed by atoms with van der Waals surface area (Å²) in [5.41, 5.74) is 0.548. The molecule has 0 spiro atoms. The van der Waals surface area contributed by atoms with Gasteiger partial charge in [0.2, 0.25) is 0 Å². The van der Waals surface area contributed by atoms with Crippen molar-refractivity contribution in [2.75, 3.05) is 18.1 Å². The molecule has 118 valence electrons. The number of rotatable bonds is 3. The molecule has 1 aromatic carbocycles. The van der Waals surface area contributed by atoms with Gasteiger partial charge in [0.1, 0.15) is 0 Å². The van der Waals surface area contributed by atoms with Gasteiger partial charge in [-0.1, -0.05) is 32.0 Å². The third-order valence-electron chi connectivity index (χ3n) is 7.17. The number of anilines is 1. The predicted molar refractivity (Wildman–Crippen MR) is 86.7 cm³/mol. The van der Waals surface area contributed by atoms with E-state index in [0.717, 1.165) is 25.1 Å². The number of amides is 1. The molecule has 2 saturated carbocycles. The van der Waals surface area contributed by atoms with Crippen LogP contribution in [-0.2, 0) is 9.53 Å². The molecule has 0 radical (unpaired) electrons. The molecule has 1 heterocycles. The van der Waals surface area contributed by atoms with Crippen LogP contribution in [0.4, 0.5) is 5.69 Å². The number of ether oxygens (including phenoxy) is 1. The average molecular weight is 299 g/mol. The predicted octanol–water partition coefficient (Wildman–Crippen LogP) is 3.63. The van der Waals surface area contributed by atoms with E-state index < -0.39 is 5.60 Å². The standard InChI is InChI=1S/C19H25NO2/c1-4-20(15-8-6-5-7-9-15)16(21)19-12-14-10-11-18(19,3)17(14,2)13-22-19/h5-9,14H,4,10-13H2,1-3H3. The molecular weight excluding hydrogens is 274 g/mol. The molecule has 2 aliphatic carbocycles. The molecule has 3 nitrogen and oxygen atoms in total. The molecule has 1 amide bonds. The van der Waals surface area contributed by atoms with Crippen LogP contribution in [0.2, 0.25) is 0 Å². The summed E-state index contributed by atoms with van der Waals surface area (Å²) in [5, 5.41) is 0. The number of hydrogen-bond donors (Lipinski definition) is 0. The van der Waals surface area contributed by atoms with Crippen molar-refractivity contribution < 1.29 is 9.53 Å². The lowest BCUT2D eigenvalue weighted by molar-refractivity contribution is -0.152.